The first-order valence-electron chi connectivity index (χ1n) is 32.0. The third-order valence-corrected chi connectivity index (χ3v) is 15.6. The summed E-state index contributed by atoms with van der Waals surface area (Å²) in [6, 6.07) is 11.0. The second-order valence-electron chi connectivity index (χ2n) is 23.6. The van der Waals surface area contributed by atoms with Crippen LogP contribution in [-0.2, 0) is 86.5 Å². The highest BCUT2D eigenvalue weighted by molar-refractivity contribution is 5.75. The molecule has 3 aromatic rings. The number of methoxy groups -OCH3 is 3. The number of ether oxygens (including phenoxy) is 11. The van der Waals surface area contributed by atoms with E-state index in [2.05, 4.69) is 0 Å². The molecule has 2 atom stereocenters. The summed E-state index contributed by atoms with van der Waals surface area (Å²) in [6.07, 6.45) is 9.22. The van der Waals surface area contributed by atoms with Gasteiger partial charge in [0.2, 0.25) is 0 Å². The Morgan fingerprint density at radius 2 is 0.634 bits per heavy atom. The molecule has 0 aliphatic heterocycles. The monoisotopic (exact) mass is 1320 g/mol. The molecule has 0 radical (unpaired) electrons. The molecule has 0 amide bonds. The molecule has 0 aliphatic carbocycles. The summed E-state index contributed by atoms with van der Waals surface area (Å²) in [4.78, 5) is 70.5. The van der Waals surface area contributed by atoms with Crippen LogP contribution in [0.25, 0.3) is 0 Å². The second-order valence-corrected chi connectivity index (χ2v) is 23.6. The van der Waals surface area contributed by atoms with Gasteiger partial charge in [-0.1, -0.05) is 0 Å². The van der Waals surface area contributed by atoms with Gasteiger partial charge in [-0.05, 0) is 229 Å². The summed E-state index contributed by atoms with van der Waals surface area (Å²) < 4.78 is 58.4. The number of aryl methyl sites for hydroxylation is 6. The van der Waals surface area contributed by atoms with Crippen LogP contribution in [0.3, 0.4) is 0 Å². The number of benzene rings is 3. The van der Waals surface area contributed by atoms with Crippen LogP contribution in [0.2, 0.25) is 0 Å². The maximum atomic E-state index is 12.6. The fourth-order valence-corrected chi connectivity index (χ4v) is 11.0. The molecule has 0 aromatic heterocycles. The lowest BCUT2D eigenvalue weighted by Gasteiger charge is -2.34. The van der Waals surface area contributed by atoms with Gasteiger partial charge in [-0.25, -0.2) is 4.79 Å². The first kappa shape index (κ1) is 85.1. The number of aliphatic hydroxyl groups is 6. The molecule has 3 aromatic carbocycles. The van der Waals surface area contributed by atoms with E-state index >= 15 is 0 Å². The lowest BCUT2D eigenvalue weighted by molar-refractivity contribution is -0.143. The Labute approximate surface area is 551 Å². The summed E-state index contributed by atoms with van der Waals surface area (Å²) in [7, 11) is 4.73. The largest absolute Gasteiger partial charge is 0.461 e. The summed E-state index contributed by atoms with van der Waals surface area (Å²) >= 11 is 0. The first-order chi connectivity index (χ1) is 44.3. The van der Waals surface area contributed by atoms with Crippen LogP contribution in [0, 0.1) is 52.4 Å². The standard InChI is InChI=1S/2C24H38O7.C22H34O9/c2*1-18-15-21(17-30-20(3)28)16-19(2)23(18)31-22(29)7-11-24(8-4-12-25,9-5-13-26)10-6-14-27;1-15-7-18(9-30-17(3)23)8-16(2)22(15)31-21(24)14-29-13-20(27-6)12-28-11-19(26-5)10-25-4/h2*15-16,25-27H,4-14,17H2,1-3H3;7-8,19-20H,9-14H2,1-6H3. The zero-order valence-corrected chi connectivity index (χ0v) is 57.5. The van der Waals surface area contributed by atoms with E-state index in [-0.39, 0.29) is 145 Å². The highest BCUT2D eigenvalue weighted by Gasteiger charge is 2.32. The van der Waals surface area contributed by atoms with Gasteiger partial charge in [0.1, 0.15) is 55.9 Å². The van der Waals surface area contributed by atoms with E-state index in [0.29, 0.717) is 81.8 Å². The molecule has 3 rings (SSSR count). The maximum absolute atomic E-state index is 12.6. The molecule has 0 spiro atoms. The van der Waals surface area contributed by atoms with Crippen molar-refractivity contribution in [2.75, 3.05) is 94.0 Å². The Hall–Kier alpha value is -5.96. The van der Waals surface area contributed by atoms with Gasteiger partial charge in [0.05, 0.1) is 26.4 Å². The van der Waals surface area contributed by atoms with Crippen LogP contribution in [0.4, 0.5) is 0 Å². The van der Waals surface area contributed by atoms with Crippen molar-refractivity contribution in [1.82, 2.24) is 0 Å². The summed E-state index contributed by atoms with van der Waals surface area (Å²) in [6.45, 7) is 17.1. The number of esters is 6. The molecule has 528 valence electrons. The summed E-state index contributed by atoms with van der Waals surface area (Å²) in [5.41, 5.74) is 6.77. The van der Waals surface area contributed by atoms with Gasteiger partial charge < -0.3 is 82.7 Å². The van der Waals surface area contributed by atoms with Crippen LogP contribution in [0.15, 0.2) is 36.4 Å². The Balaban J connectivity index is 0.000000697. The third-order valence-electron chi connectivity index (χ3n) is 15.6. The smallest absolute Gasteiger partial charge is 0.337 e. The van der Waals surface area contributed by atoms with Gasteiger partial charge in [0.15, 0.2) is 0 Å². The number of rotatable bonds is 45. The average Bonchev–Trinajstić information content (AvgIpc) is 0.916. The Morgan fingerprint density at radius 1 is 0.376 bits per heavy atom. The molecule has 0 saturated carbocycles. The lowest BCUT2D eigenvalue weighted by atomic mass is 9.72. The van der Waals surface area contributed by atoms with Crippen molar-refractivity contribution >= 4 is 35.8 Å². The lowest BCUT2D eigenvalue weighted by Crippen LogP contribution is -2.30. The van der Waals surface area contributed by atoms with Crippen molar-refractivity contribution in [2.24, 2.45) is 10.8 Å². The zero-order chi connectivity index (χ0) is 69.8. The van der Waals surface area contributed by atoms with Crippen molar-refractivity contribution in [2.45, 2.75) is 197 Å². The Morgan fingerprint density at radius 3 is 0.882 bits per heavy atom. The number of hydrogen-bond acceptors (Lipinski definition) is 23. The topological polar surface area (TPSA) is 325 Å². The molecule has 0 saturated heterocycles. The van der Waals surface area contributed by atoms with E-state index in [1.165, 1.54) is 20.8 Å². The third kappa shape index (κ3) is 35.9. The Kier molecular flexibility index (Phi) is 44.5. The van der Waals surface area contributed by atoms with Crippen LogP contribution >= 0.6 is 0 Å². The predicted octanol–water partition coefficient (Wildman–Crippen LogP) is 8.69. The second kappa shape index (κ2) is 48.7. The van der Waals surface area contributed by atoms with Crippen molar-refractivity contribution in [3.8, 4) is 17.2 Å². The van der Waals surface area contributed by atoms with E-state index < -0.39 is 5.97 Å². The van der Waals surface area contributed by atoms with E-state index in [1.807, 2.05) is 77.9 Å². The molecule has 0 fully saturated rings. The van der Waals surface area contributed by atoms with Crippen LogP contribution in [0.5, 0.6) is 17.2 Å². The SMILES string of the molecule is CC(=O)OCc1cc(C)c(OC(=O)CCC(CCCO)(CCCO)CCCO)c(C)c1.CC(=O)OCc1cc(C)c(OC(=O)CCC(CCCO)(CCCO)CCCO)c(C)c1.COCC(COCC(COCC(=O)Oc1c(C)cc(COC(C)=O)cc1C)OC)OC. The van der Waals surface area contributed by atoms with Crippen LogP contribution in [0.1, 0.15) is 174 Å². The first-order valence-corrected chi connectivity index (χ1v) is 32.0. The minimum absolute atomic E-state index is 0.0720. The van der Waals surface area contributed by atoms with Crippen LogP contribution in [-0.4, -0.2) is 173 Å². The van der Waals surface area contributed by atoms with E-state index in [1.54, 1.807) is 21.3 Å². The maximum Gasteiger partial charge on any atom is 0.337 e. The van der Waals surface area contributed by atoms with Crippen molar-refractivity contribution in [1.29, 1.82) is 0 Å². The van der Waals surface area contributed by atoms with Crippen molar-refractivity contribution in [3.05, 3.63) is 86.5 Å². The molecular weight excluding hydrogens is 1210 g/mol. The fourth-order valence-electron chi connectivity index (χ4n) is 11.0. The normalized spacial score (nSPS) is 11.9. The Bertz CT molecular complexity index is 2420. The van der Waals surface area contributed by atoms with Gasteiger partial charge in [-0.15, -0.1) is 0 Å². The number of carbonyl (C=O) groups excluding carboxylic acids is 6. The average molecular weight is 1320 g/mol. The number of carbonyl (C=O) groups is 6. The molecule has 6 N–H and O–H groups in total. The van der Waals surface area contributed by atoms with Crippen molar-refractivity contribution < 1.29 is 112 Å². The molecular formula is C70H110O23. The highest BCUT2D eigenvalue weighted by Crippen LogP contribution is 2.42. The fraction of sp³-hybridized carbons (Fsp3) is 0.657. The van der Waals surface area contributed by atoms with E-state index in [4.69, 9.17) is 52.1 Å². The molecule has 23 nitrogen and oxygen atoms in total. The summed E-state index contributed by atoms with van der Waals surface area (Å²) in [5.74, 6) is -0.733. The molecule has 93 heavy (non-hydrogen) atoms. The van der Waals surface area contributed by atoms with Gasteiger partial charge in [0.25, 0.3) is 0 Å². The molecule has 0 heterocycles. The van der Waals surface area contributed by atoms with E-state index in [0.717, 1.165) is 88.6 Å². The minimum atomic E-state index is -0.519. The number of aliphatic hydroxyl groups excluding tert-OH is 6. The van der Waals surface area contributed by atoms with Gasteiger partial charge in [-0.2, -0.15) is 0 Å². The zero-order valence-electron chi connectivity index (χ0n) is 57.5. The molecule has 23 heteroatoms. The number of hydrogen-bond donors (Lipinski definition) is 6. The van der Waals surface area contributed by atoms with Gasteiger partial charge in [0, 0.05) is 94.6 Å². The van der Waals surface area contributed by atoms with Crippen molar-refractivity contribution in [3.63, 3.8) is 0 Å². The predicted molar refractivity (Wildman–Crippen MR) is 347 cm³/mol. The van der Waals surface area contributed by atoms with Gasteiger partial charge in [-0.3, -0.25) is 24.0 Å². The van der Waals surface area contributed by atoms with Crippen LogP contribution < -0.4 is 14.2 Å². The highest BCUT2D eigenvalue weighted by atomic mass is 16.6. The minimum Gasteiger partial charge on any atom is -0.461 e. The van der Waals surface area contributed by atoms with E-state index in [9.17, 15) is 59.4 Å². The molecule has 2 unspecified atom stereocenters. The molecule has 0 bridgehead atoms. The summed E-state index contributed by atoms with van der Waals surface area (Å²) in [5, 5.41) is 55.7. The quantitative estimate of drug-likeness (QED) is 0.0175. The molecule has 0 aliphatic rings. The van der Waals surface area contributed by atoms with Gasteiger partial charge >= 0.3 is 35.8 Å².